The van der Waals surface area contributed by atoms with Gasteiger partial charge in [0.1, 0.15) is 0 Å². The van der Waals surface area contributed by atoms with Crippen LogP contribution in [0, 0.1) is 5.92 Å². The van der Waals surface area contributed by atoms with Gasteiger partial charge < -0.3 is 4.74 Å². The SMILES string of the molecule is COC(=O)C1CCCC1S(=O)(=O)NC1CCCS(=O)(=O)C1. The predicted octanol–water partition coefficient (Wildman–Crippen LogP) is -0.175. The molecule has 1 saturated carbocycles. The van der Waals surface area contributed by atoms with E-state index in [0.29, 0.717) is 32.1 Å². The Morgan fingerprint density at radius 1 is 1.19 bits per heavy atom. The van der Waals surface area contributed by atoms with Crippen molar-refractivity contribution in [2.24, 2.45) is 5.92 Å². The Hall–Kier alpha value is -0.670. The van der Waals surface area contributed by atoms with Crippen molar-refractivity contribution in [3.8, 4) is 0 Å². The second-order valence-electron chi connectivity index (χ2n) is 5.72. The average molecular weight is 339 g/mol. The van der Waals surface area contributed by atoms with Crippen molar-refractivity contribution in [3.05, 3.63) is 0 Å². The van der Waals surface area contributed by atoms with Gasteiger partial charge in [-0.3, -0.25) is 4.79 Å². The smallest absolute Gasteiger partial charge is 0.310 e. The Labute approximate surface area is 125 Å². The second kappa shape index (κ2) is 6.21. The molecule has 9 heteroatoms. The van der Waals surface area contributed by atoms with E-state index in [1.165, 1.54) is 7.11 Å². The molecule has 1 aliphatic heterocycles. The first-order valence-corrected chi connectivity index (χ1v) is 10.4. The van der Waals surface area contributed by atoms with Crippen LogP contribution in [0.5, 0.6) is 0 Å². The van der Waals surface area contributed by atoms with Crippen LogP contribution in [0.2, 0.25) is 0 Å². The molecule has 1 aliphatic carbocycles. The molecule has 2 fully saturated rings. The second-order valence-corrected chi connectivity index (χ2v) is 9.88. The largest absolute Gasteiger partial charge is 0.469 e. The van der Waals surface area contributed by atoms with Crippen LogP contribution in [-0.4, -0.2) is 52.7 Å². The lowest BCUT2D eigenvalue weighted by Gasteiger charge is -2.26. The van der Waals surface area contributed by atoms with E-state index in [1.54, 1.807) is 0 Å². The number of esters is 1. The Kier molecular flexibility index (Phi) is 4.94. The van der Waals surface area contributed by atoms with Crippen LogP contribution in [0.25, 0.3) is 0 Å². The van der Waals surface area contributed by atoms with Gasteiger partial charge in [-0.2, -0.15) is 0 Å². The van der Waals surface area contributed by atoms with Gasteiger partial charge in [0.15, 0.2) is 9.84 Å². The zero-order chi connectivity index (χ0) is 15.7. The number of hydrogen-bond donors (Lipinski definition) is 1. The third-order valence-corrected chi connectivity index (χ3v) is 7.99. The van der Waals surface area contributed by atoms with E-state index >= 15 is 0 Å². The number of rotatable bonds is 4. The fraction of sp³-hybridized carbons (Fsp3) is 0.917. The first kappa shape index (κ1) is 16.7. The van der Waals surface area contributed by atoms with Crippen LogP contribution in [-0.2, 0) is 29.4 Å². The van der Waals surface area contributed by atoms with E-state index in [-0.39, 0.29) is 11.5 Å². The molecule has 0 amide bonds. The minimum absolute atomic E-state index is 0.111. The third kappa shape index (κ3) is 3.95. The Morgan fingerprint density at radius 2 is 1.90 bits per heavy atom. The maximum absolute atomic E-state index is 12.4. The average Bonchev–Trinajstić information content (AvgIpc) is 2.86. The molecule has 2 aliphatic rings. The predicted molar refractivity (Wildman–Crippen MR) is 76.9 cm³/mol. The number of sulfonamides is 1. The van der Waals surface area contributed by atoms with Crippen LogP contribution in [0.1, 0.15) is 32.1 Å². The molecule has 0 radical (unpaired) electrons. The molecule has 3 atom stereocenters. The van der Waals surface area contributed by atoms with Gasteiger partial charge in [-0.25, -0.2) is 21.6 Å². The molecule has 0 aromatic heterocycles. The fourth-order valence-corrected chi connectivity index (χ4v) is 6.89. The molecule has 21 heavy (non-hydrogen) atoms. The number of sulfone groups is 1. The van der Waals surface area contributed by atoms with Gasteiger partial charge in [-0.1, -0.05) is 6.42 Å². The summed E-state index contributed by atoms with van der Waals surface area (Å²) in [4.78, 5) is 11.7. The molecular formula is C12H21NO6S2. The molecular weight excluding hydrogens is 318 g/mol. The molecule has 1 N–H and O–H groups in total. The van der Waals surface area contributed by atoms with Crippen molar-refractivity contribution in [3.63, 3.8) is 0 Å². The van der Waals surface area contributed by atoms with Crippen molar-refractivity contribution >= 4 is 25.8 Å². The first-order valence-electron chi connectivity index (χ1n) is 7.04. The maximum atomic E-state index is 12.4. The summed E-state index contributed by atoms with van der Waals surface area (Å²) in [5.74, 6) is -1.23. The lowest BCUT2D eigenvalue weighted by Crippen LogP contribution is -2.48. The number of carbonyl (C=O) groups is 1. The highest BCUT2D eigenvalue weighted by molar-refractivity contribution is 7.92. The topological polar surface area (TPSA) is 107 Å². The molecule has 0 aromatic rings. The van der Waals surface area contributed by atoms with Gasteiger partial charge in [-0.05, 0) is 25.7 Å². The van der Waals surface area contributed by atoms with Crippen LogP contribution in [0.15, 0.2) is 0 Å². The van der Waals surface area contributed by atoms with Gasteiger partial charge in [0.05, 0.1) is 29.8 Å². The highest BCUT2D eigenvalue weighted by atomic mass is 32.2. The van der Waals surface area contributed by atoms with E-state index in [1.807, 2.05) is 0 Å². The third-order valence-electron chi connectivity index (χ3n) is 4.15. The Morgan fingerprint density at radius 3 is 2.52 bits per heavy atom. The normalized spacial score (nSPS) is 32.7. The van der Waals surface area contributed by atoms with Crippen LogP contribution in [0.3, 0.4) is 0 Å². The van der Waals surface area contributed by atoms with E-state index in [4.69, 9.17) is 0 Å². The van der Waals surface area contributed by atoms with E-state index in [2.05, 4.69) is 9.46 Å². The highest BCUT2D eigenvalue weighted by Gasteiger charge is 2.43. The zero-order valence-electron chi connectivity index (χ0n) is 11.9. The Balaban J connectivity index is 2.09. The van der Waals surface area contributed by atoms with Crippen molar-refractivity contribution in [1.29, 1.82) is 0 Å². The summed E-state index contributed by atoms with van der Waals surface area (Å²) in [6, 6.07) is -0.590. The minimum Gasteiger partial charge on any atom is -0.469 e. The lowest BCUT2D eigenvalue weighted by atomic mass is 10.1. The standard InChI is InChI=1S/C12H21NO6S2/c1-19-12(14)10-5-2-6-11(10)21(17,18)13-9-4-3-7-20(15,16)8-9/h9-11,13H,2-8H2,1H3. The summed E-state index contributed by atoms with van der Waals surface area (Å²) in [5.41, 5.74) is 0. The molecule has 7 nitrogen and oxygen atoms in total. The summed E-state index contributed by atoms with van der Waals surface area (Å²) in [6.07, 6.45) is 2.50. The zero-order valence-corrected chi connectivity index (χ0v) is 13.6. The number of hydrogen-bond acceptors (Lipinski definition) is 6. The van der Waals surface area contributed by atoms with Gasteiger partial charge >= 0.3 is 5.97 Å². The molecule has 0 spiro atoms. The first-order chi connectivity index (χ1) is 9.75. The van der Waals surface area contributed by atoms with Gasteiger partial charge in [0, 0.05) is 6.04 Å². The van der Waals surface area contributed by atoms with Gasteiger partial charge in [0.2, 0.25) is 10.0 Å². The lowest BCUT2D eigenvalue weighted by molar-refractivity contribution is -0.145. The molecule has 0 bridgehead atoms. The summed E-state index contributed by atoms with van der Waals surface area (Å²) < 4.78 is 55.2. The highest BCUT2D eigenvalue weighted by Crippen LogP contribution is 2.32. The van der Waals surface area contributed by atoms with Crippen molar-refractivity contribution in [1.82, 2.24) is 4.72 Å². The van der Waals surface area contributed by atoms with Crippen molar-refractivity contribution < 1.29 is 26.4 Å². The Bertz CT molecular complexity index is 597. The number of methoxy groups -OCH3 is 1. The van der Waals surface area contributed by atoms with Crippen LogP contribution >= 0.6 is 0 Å². The molecule has 0 aromatic carbocycles. The van der Waals surface area contributed by atoms with Gasteiger partial charge in [0.25, 0.3) is 0 Å². The van der Waals surface area contributed by atoms with E-state index in [0.717, 1.165) is 0 Å². The monoisotopic (exact) mass is 339 g/mol. The number of carbonyl (C=O) groups excluding carboxylic acids is 1. The van der Waals surface area contributed by atoms with E-state index < -0.39 is 43.0 Å². The molecule has 1 heterocycles. The summed E-state index contributed by atoms with van der Waals surface area (Å²) >= 11 is 0. The molecule has 3 unspecified atom stereocenters. The summed E-state index contributed by atoms with van der Waals surface area (Å²) in [6.45, 7) is 0. The fourth-order valence-electron chi connectivity index (χ4n) is 3.15. The van der Waals surface area contributed by atoms with Gasteiger partial charge in [-0.15, -0.1) is 0 Å². The van der Waals surface area contributed by atoms with Crippen LogP contribution < -0.4 is 4.72 Å². The molecule has 122 valence electrons. The number of ether oxygens (including phenoxy) is 1. The van der Waals surface area contributed by atoms with Crippen molar-refractivity contribution in [2.45, 2.75) is 43.4 Å². The minimum atomic E-state index is -3.73. The van der Waals surface area contributed by atoms with E-state index in [9.17, 15) is 21.6 Å². The number of nitrogens with one attached hydrogen (secondary N) is 1. The molecule has 1 saturated heterocycles. The maximum Gasteiger partial charge on any atom is 0.310 e. The quantitative estimate of drug-likeness (QED) is 0.712. The molecule has 2 rings (SSSR count). The summed E-state index contributed by atoms with van der Waals surface area (Å²) in [5, 5.41) is -0.824. The van der Waals surface area contributed by atoms with Crippen molar-refractivity contribution in [2.75, 3.05) is 18.6 Å². The summed E-state index contributed by atoms with van der Waals surface area (Å²) in [7, 11) is -5.67. The van der Waals surface area contributed by atoms with Crippen LogP contribution in [0.4, 0.5) is 0 Å².